The molecule has 0 aromatic heterocycles. The van der Waals surface area contributed by atoms with E-state index in [0.29, 0.717) is 18.8 Å². The second-order valence-electron chi connectivity index (χ2n) is 4.90. The zero-order valence-corrected chi connectivity index (χ0v) is 13.5. The van der Waals surface area contributed by atoms with Crippen molar-refractivity contribution in [3.8, 4) is 0 Å². The van der Waals surface area contributed by atoms with E-state index in [1.54, 1.807) is 12.1 Å². The minimum Gasteiger partial charge on any atom is -0.398 e. The van der Waals surface area contributed by atoms with E-state index < -0.39 is 10.0 Å². The first-order chi connectivity index (χ1) is 9.31. The van der Waals surface area contributed by atoms with E-state index in [-0.39, 0.29) is 4.90 Å². The van der Waals surface area contributed by atoms with Crippen LogP contribution in [0, 0.1) is 13.8 Å². The van der Waals surface area contributed by atoms with Gasteiger partial charge in [-0.25, -0.2) is 13.1 Å². The summed E-state index contributed by atoms with van der Waals surface area (Å²) in [5.74, 6) is 0. The van der Waals surface area contributed by atoms with E-state index in [1.165, 1.54) is 0 Å². The number of sulfonamides is 1. The van der Waals surface area contributed by atoms with Crippen LogP contribution in [-0.2, 0) is 10.0 Å². The fraction of sp³-hybridized carbons (Fsp3) is 0.571. The number of hydrogen-bond acceptors (Lipinski definition) is 4. The number of rotatable bonds is 7. The molecule has 20 heavy (non-hydrogen) atoms. The van der Waals surface area contributed by atoms with Crippen molar-refractivity contribution in [2.75, 3.05) is 31.9 Å². The molecular weight excluding hydrogens is 274 g/mol. The quantitative estimate of drug-likeness (QED) is 0.748. The molecule has 1 aromatic carbocycles. The van der Waals surface area contributed by atoms with E-state index in [1.807, 2.05) is 13.8 Å². The van der Waals surface area contributed by atoms with Gasteiger partial charge in [0.05, 0.1) is 5.69 Å². The zero-order valence-electron chi connectivity index (χ0n) is 12.7. The van der Waals surface area contributed by atoms with Crippen LogP contribution < -0.4 is 10.5 Å². The van der Waals surface area contributed by atoms with Crippen molar-refractivity contribution in [3.05, 3.63) is 23.3 Å². The van der Waals surface area contributed by atoms with E-state index in [0.717, 1.165) is 24.2 Å². The number of nitrogens with zero attached hydrogens (tertiary/aromatic N) is 1. The Morgan fingerprint density at radius 1 is 1.15 bits per heavy atom. The number of hydrogen-bond donors (Lipinski definition) is 2. The summed E-state index contributed by atoms with van der Waals surface area (Å²) in [6, 6.07) is 3.33. The third kappa shape index (κ3) is 4.19. The highest BCUT2D eigenvalue weighted by Gasteiger charge is 2.18. The number of likely N-dealkylation sites (N-methyl/N-ethyl adjacent to an activating group) is 1. The molecule has 0 saturated heterocycles. The van der Waals surface area contributed by atoms with Gasteiger partial charge >= 0.3 is 0 Å². The third-order valence-electron chi connectivity index (χ3n) is 3.53. The Kier molecular flexibility index (Phi) is 5.98. The molecule has 1 aromatic rings. The van der Waals surface area contributed by atoms with Gasteiger partial charge in [0.25, 0.3) is 0 Å². The number of anilines is 1. The van der Waals surface area contributed by atoms with Crippen molar-refractivity contribution in [2.45, 2.75) is 32.6 Å². The summed E-state index contributed by atoms with van der Waals surface area (Å²) in [5, 5.41) is 0. The molecule has 0 radical (unpaired) electrons. The maximum Gasteiger partial charge on any atom is 0.242 e. The first kappa shape index (κ1) is 16.9. The van der Waals surface area contributed by atoms with Gasteiger partial charge in [0, 0.05) is 13.1 Å². The molecule has 0 unspecified atom stereocenters. The molecule has 0 heterocycles. The third-order valence-corrected chi connectivity index (χ3v) is 5.05. The zero-order chi connectivity index (χ0) is 15.3. The van der Waals surface area contributed by atoms with Gasteiger partial charge in [-0.1, -0.05) is 13.8 Å². The van der Waals surface area contributed by atoms with Gasteiger partial charge in [-0.2, -0.15) is 0 Å². The van der Waals surface area contributed by atoms with Gasteiger partial charge in [-0.05, 0) is 50.2 Å². The van der Waals surface area contributed by atoms with Crippen molar-refractivity contribution >= 4 is 15.7 Å². The number of nitrogen functional groups attached to an aromatic ring is 1. The van der Waals surface area contributed by atoms with E-state index in [9.17, 15) is 8.42 Å². The van der Waals surface area contributed by atoms with Gasteiger partial charge in [0.2, 0.25) is 10.0 Å². The lowest BCUT2D eigenvalue weighted by Gasteiger charge is -2.18. The summed E-state index contributed by atoms with van der Waals surface area (Å²) in [7, 11) is -3.54. The molecule has 114 valence electrons. The van der Waals surface area contributed by atoms with Crippen LogP contribution in [0.5, 0.6) is 0 Å². The van der Waals surface area contributed by atoms with E-state index in [2.05, 4.69) is 23.5 Å². The first-order valence-electron chi connectivity index (χ1n) is 6.90. The molecule has 0 aliphatic rings. The van der Waals surface area contributed by atoms with E-state index >= 15 is 0 Å². The predicted molar refractivity (Wildman–Crippen MR) is 83.3 cm³/mol. The van der Waals surface area contributed by atoms with Crippen molar-refractivity contribution in [1.29, 1.82) is 0 Å². The fourth-order valence-electron chi connectivity index (χ4n) is 2.00. The molecule has 1 rings (SSSR count). The van der Waals surface area contributed by atoms with E-state index in [4.69, 9.17) is 5.73 Å². The topological polar surface area (TPSA) is 75.4 Å². The SMILES string of the molecule is CCN(CC)CCNS(=O)(=O)c1cc(C)c(C)cc1N. The highest BCUT2D eigenvalue weighted by Crippen LogP contribution is 2.22. The largest absolute Gasteiger partial charge is 0.398 e. The molecule has 0 bridgehead atoms. The summed E-state index contributed by atoms with van der Waals surface area (Å²) >= 11 is 0. The van der Waals surface area contributed by atoms with Crippen LogP contribution >= 0.6 is 0 Å². The number of nitrogens with two attached hydrogens (primary N) is 1. The van der Waals surface area contributed by atoms with Crippen LogP contribution in [-0.4, -0.2) is 39.5 Å². The molecule has 0 aliphatic heterocycles. The molecule has 0 saturated carbocycles. The Balaban J connectivity index is 2.82. The number of aryl methyl sites for hydroxylation is 2. The van der Waals surface area contributed by atoms with Crippen LogP contribution in [0.3, 0.4) is 0 Å². The van der Waals surface area contributed by atoms with Crippen LogP contribution in [0.25, 0.3) is 0 Å². The summed E-state index contributed by atoms with van der Waals surface area (Å²) < 4.78 is 27.1. The van der Waals surface area contributed by atoms with Crippen molar-refractivity contribution in [1.82, 2.24) is 9.62 Å². The number of nitrogens with one attached hydrogen (secondary N) is 1. The minimum absolute atomic E-state index is 0.167. The Bertz CT molecular complexity index is 552. The lowest BCUT2D eigenvalue weighted by atomic mass is 10.1. The summed E-state index contributed by atoms with van der Waals surface area (Å²) in [6.45, 7) is 10.8. The summed E-state index contributed by atoms with van der Waals surface area (Å²) in [4.78, 5) is 2.33. The van der Waals surface area contributed by atoms with Crippen molar-refractivity contribution < 1.29 is 8.42 Å². The predicted octanol–water partition coefficient (Wildman–Crippen LogP) is 1.51. The Morgan fingerprint density at radius 2 is 1.70 bits per heavy atom. The average molecular weight is 299 g/mol. The Hall–Kier alpha value is -1.11. The van der Waals surface area contributed by atoms with Crippen LogP contribution in [0.15, 0.2) is 17.0 Å². The lowest BCUT2D eigenvalue weighted by Crippen LogP contribution is -2.35. The molecule has 0 atom stereocenters. The number of benzene rings is 1. The van der Waals surface area contributed by atoms with Gasteiger partial charge < -0.3 is 10.6 Å². The maximum absolute atomic E-state index is 12.3. The summed E-state index contributed by atoms with van der Waals surface area (Å²) in [6.07, 6.45) is 0. The molecular formula is C14H25N3O2S. The monoisotopic (exact) mass is 299 g/mol. The lowest BCUT2D eigenvalue weighted by molar-refractivity contribution is 0.309. The maximum atomic E-state index is 12.3. The second kappa shape index (κ2) is 7.06. The highest BCUT2D eigenvalue weighted by molar-refractivity contribution is 7.89. The summed E-state index contributed by atoms with van der Waals surface area (Å²) in [5.41, 5.74) is 8.04. The average Bonchev–Trinajstić information content (AvgIpc) is 2.38. The molecule has 0 fully saturated rings. The van der Waals surface area contributed by atoms with Crippen LogP contribution in [0.2, 0.25) is 0 Å². The highest BCUT2D eigenvalue weighted by atomic mass is 32.2. The molecule has 5 nitrogen and oxygen atoms in total. The van der Waals surface area contributed by atoms with Crippen molar-refractivity contribution in [2.24, 2.45) is 0 Å². The Morgan fingerprint density at radius 3 is 2.25 bits per heavy atom. The molecule has 0 spiro atoms. The molecule has 0 amide bonds. The van der Waals surface area contributed by atoms with Gasteiger partial charge in [0.15, 0.2) is 0 Å². The van der Waals surface area contributed by atoms with Crippen molar-refractivity contribution in [3.63, 3.8) is 0 Å². The standard InChI is InChI=1S/C14H25N3O2S/c1-5-17(6-2)8-7-16-20(18,19)14-10-12(4)11(3)9-13(14)15/h9-10,16H,5-8,15H2,1-4H3. The van der Waals surface area contributed by atoms with Gasteiger partial charge in [-0.15, -0.1) is 0 Å². The minimum atomic E-state index is -3.54. The van der Waals surface area contributed by atoms with Crippen LogP contribution in [0.4, 0.5) is 5.69 Å². The first-order valence-corrected chi connectivity index (χ1v) is 8.38. The fourth-order valence-corrected chi connectivity index (χ4v) is 3.22. The molecule has 0 aliphatic carbocycles. The normalized spacial score (nSPS) is 12.1. The molecule has 3 N–H and O–H groups in total. The Labute approximate surface area is 122 Å². The van der Waals surface area contributed by atoms with Gasteiger partial charge in [-0.3, -0.25) is 0 Å². The van der Waals surface area contributed by atoms with Crippen LogP contribution in [0.1, 0.15) is 25.0 Å². The van der Waals surface area contributed by atoms with Gasteiger partial charge in [0.1, 0.15) is 4.90 Å². The molecule has 6 heteroatoms. The second-order valence-corrected chi connectivity index (χ2v) is 6.63. The smallest absolute Gasteiger partial charge is 0.242 e.